The molecule has 1 heterocycles. The van der Waals surface area contributed by atoms with Crippen LogP contribution in [-0.4, -0.2) is 53.1 Å². The Bertz CT molecular complexity index is 804. The quantitative estimate of drug-likeness (QED) is 0.546. The number of rotatable bonds is 5. The summed E-state index contributed by atoms with van der Waals surface area (Å²) in [4.78, 5) is 28.5. The molecule has 3 N–H and O–H groups in total. The van der Waals surface area contributed by atoms with E-state index in [4.69, 9.17) is 5.21 Å². The molecule has 0 saturated carbocycles. The number of carbonyl (C=O) groups is 2. The third-order valence-electron chi connectivity index (χ3n) is 5.13. The maximum Gasteiger partial charge on any atom is 0.317 e. The fourth-order valence-electron chi connectivity index (χ4n) is 3.50. The lowest BCUT2D eigenvalue weighted by molar-refractivity contribution is -0.135. The molecule has 148 valence electrons. The molecule has 7 nitrogen and oxygen atoms in total. The molecule has 0 aliphatic carbocycles. The first-order chi connectivity index (χ1) is 13.6. The van der Waals surface area contributed by atoms with E-state index >= 15 is 0 Å². The van der Waals surface area contributed by atoms with Gasteiger partial charge in [0.2, 0.25) is 0 Å². The topological polar surface area (TPSA) is 84.9 Å². The Balaban J connectivity index is 1.57. The molecule has 7 heteroatoms. The number of hydrogen-bond donors (Lipinski definition) is 3. The van der Waals surface area contributed by atoms with Crippen molar-refractivity contribution in [1.29, 1.82) is 0 Å². The van der Waals surface area contributed by atoms with Crippen molar-refractivity contribution in [3.63, 3.8) is 0 Å². The summed E-state index contributed by atoms with van der Waals surface area (Å²) in [7, 11) is 0. The largest absolute Gasteiger partial charge is 0.334 e. The summed E-state index contributed by atoms with van der Waals surface area (Å²) in [5, 5.41) is 12.1. The monoisotopic (exact) mass is 382 g/mol. The van der Waals surface area contributed by atoms with Gasteiger partial charge < -0.3 is 10.2 Å². The predicted octanol–water partition coefficient (Wildman–Crippen LogP) is 2.07. The lowest BCUT2D eigenvalue weighted by Gasteiger charge is -2.38. The standard InChI is InChI=1S/C21H26N4O3/c1-16-7-5-6-10-18(16)15-22-21(27)25-13-11-24(12-14-25)19(20(26)23-28)17-8-3-2-4-9-17/h2-10,19,28H,11-15H2,1H3,(H,22,27)(H,23,26). The first-order valence-corrected chi connectivity index (χ1v) is 9.40. The Labute approximate surface area is 164 Å². The average molecular weight is 382 g/mol. The molecule has 0 bridgehead atoms. The highest BCUT2D eigenvalue weighted by molar-refractivity contribution is 5.82. The van der Waals surface area contributed by atoms with Crippen LogP contribution < -0.4 is 10.8 Å². The van der Waals surface area contributed by atoms with Crippen molar-refractivity contribution in [1.82, 2.24) is 20.6 Å². The minimum Gasteiger partial charge on any atom is -0.334 e. The van der Waals surface area contributed by atoms with Crippen LogP contribution in [-0.2, 0) is 11.3 Å². The first kappa shape index (κ1) is 19.9. The molecule has 0 spiro atoms. The first-order valence-electron chi connectivity index (χ1n) is 9.40. The van der Waals surface area contributed by atoms with Crippen molar-refractivity contribution in [3.05, 3.63) is 71.3 Å². The van der Waals surface area contributed by atoms with Crippen LogP contribution in [0.4, 0.5) is 4.79 Å². The van der Waals surface area contributed by atoms with Crippen molar-refractivity contribution in [3.8, 4) is 0 Å². The van der Waals surface area contributed by atoms with E-state index in [1.165, 1.54) is 0 Å². The van der Waals surface area contributed by atoms with Crippen LogP contribution in [0.1, 0.15) is 22.7 Å². The van der Waals surface area contributed by atoms with Gasteiger partial charge in [0.25, 0.3) is 5.91 Å². The van der Waals surface area contributed by atoms with E-state index < -0.39 is 11.9 Å². The lowest BCUT2D eigenvalue weighted by Crippen LogP contribution is -2.54. The third-order valence-corrected chi connectivity index (χ3v) is 5.13. The minimum atomic E-state index is -0.580. The maximum atomic E-state index is 12.5. The van der Waals surface area contributed by atoms with Crippen LogP contribution in [0, 0.1) is 6.92 Å². The number of piperazine rings is 1. The molecular weight excluding hydrogens is 356 g/mol. The third kappa shape index (κ3) is 4.68. The van der Waals surface area contributed by atoms with Gasteiger partial charge in [0.05, 0.1) is 0 Å². The van der Waals surface area contributed by atoms with E-state index in [9.17, 15) is 9.59 Å². The molecule has 1 unspecified atom stereocenters. The Morgan fingerprint density at radius 1 is 1.00 bits per heavy atom. The van der Waals surface area contributed by atoms with Gasteiger partial charge in [-0.15, -0.1) is 0 Å². The summed E-state index contributed by atoms with van der Waals surface area (Å²) in [5.41, 5.74) is 4.82. The van der Waals surface area contributed by atoms with Gasteiger partial charge >= 0.3 is 6.03 Å². The van der Waals surface area contributed by atoms with E-state index in [-0.39, 0.29) is 6.03 Å². The number of hydrogen-bond acceptors (Lipinski definition) is 4. The number of nitrogens with one attached hydrogen (secondary N) is 2. The van der Waals surface area contributed by atoms with Gasteiger partial charge in [-0.25, -0.2) is 10.3 Å². The fourth-order valence-corrected chi connectivity index (χ4v) is 3.50. The average Bonchev–Trinajstić information content (AvgIpc) is 2.74. The molecule has 0 radical (unpaired) electrons. The highest BCUT2D eigenvalue weighted by atomic mass is 16.5. The summed E-state index contributed by atoms with van der Waals surface area (Å²) >= 11 is 0. The molecule has 2 aromatic carbocycles. The van der Waals surface area contributed by atoms with Crippen molar-refractivity contribution in [2.24, 2.45) is 0 Å². The van der Waals surface area contributed by atoms with E-state index in [2.05, 4.69) is 5.32 Å². The minimum absolute atomic E-state index is 0.106. The van der Waals surface area contributed by atoms with Gasteiger partial charge in [-0.2, -0.15) is 0 Å². The van der Waals surface area contributed by atoms with E-state index in [1.807, 2.05) is 66.4 Å². The van der Waals surface area contributed by atoms with E-state index in [0.717, 1.165) is 16.7 Å². The highest BCUT2D eigenvalue weighted by Crippen LogP contribution is 2.22. The molecule has 28 heavy (non-hydrogen) atoms. The molecule has 1 saturated heterocycles. The SMILES string of the molecule is Cc1ccccc1CNC(=O)N1CCN(C(C(=O)NO)c2ccccc2)CC1. The van der Waals surface area contributed by atoms with Crippen LogP contribution in [0.15, 0.2) is 54.6 Å². The lowest BCUT2D eigenvalue weighted by atomic mass is 10.0. The van der Waals surface area contributed by atoms with Gasteiger partial charge in [0.15, 0.2) is 0 Å². The normalized spacial score (nSPS) is 15.7. The second-order valence-corrected chi connectivity index (χ2v) is 6.90. The zero-order valence-corrected chi connectivity index (χ0v) is 16.0. The molecule has 1 aliphatic heterocycles. The molecule has 1 fully saturated rings. The molecule has 1 aliphatic rings. The van der Waals surface area contributed by atoms with Crippen molar-refractivity contribution in [2.75, 3.05) is 26.2 Å². The number of amides is 3. The molecule has 1 atom stereocenters. The number of benzene rings is 2. The number of aryl methyl sites for hydroxylation is 1. The van der Waals surface area contributed by atoms with Crippen LogP contribution in [0.5, 0.6) is 0 Å². The summed E-state index contributed by atoms with van der Waals surface area (Å²) in [6.07, 6.45) is 0. The predicted molar refractivity (Wildman–Crippen MR) is 106 cm³/mol. The van der Waals surface area contributed by atoms with E-state index in [1.54, 1.807) is 10.4 Å². The summed E-state index contributed by atoms with van der Waals surface area (Å²) in [6.45, 7) is 4.64. The summed E-state index contributed by atoms with van der Waals surface area (Å²) in [5.74, 6) is -0.469. The van der Waals surface area contributed by atoms with Gasteiger partial charge in [0.1, 0.15) is 6.04 Å². The second-order valence-electron chi connectivity index (χ2n) is 6.90. The fraction of sp³-hybridized carbons (Fsp3) is 0.333. The summed E-state index contributed by atoms with van der Waals surface area (Å²) < 4.78 is 0. The zero-order valence-electron chi connectivity index (χ0n) is 16.0. The summed E-state index contributed by atoms with van der Waals surface area (Å²) in [6, 6.07) is 16.6. The Morgan fingerprint density at radius 2 is 1.64 bits per heavy atom. The van der Waals surface area contributed by atoms with E-state index in [0.29, 0.717) is 32.7 Å². The van der Waals surface area contributed by atoms with Crippen LogP contribution in [0.2, 0.25) is 0 Å². The highest BCUT2D eigenvalue weighted by Gasteiger charge is 2.31. The number of nitrogens with zero attached hydrogens (tertiary/aromatic N) is 2. The number of hydroxylamine groups is 1. The van der Waals surface area contributed by atoms with Gasteiger partial charge in [-0.05, 0) is 23.6 Å². The Kier molecular flexibility index (Phi) is 6.62. The molecule has 3 amide bonds. The van der Waals surface area contributed by atoms with Crippen molar-refractivity contribution in [2.45, 2.75) is 19.5 Å². The molecule has 3 rings (SSSR count). The Hall–Kier alpha value is -2.90. The van der Waals surface area contributed by atoms with Gasteiger partial charge in [0, 0.05) is 32.7 Å². The Morgan fingerprint density at radius 3 is 2.29 bits per heavy atom. The van der Waals surface area contributed by atoms with Gasteiger partial charge in [-0.1, -0.05) is 54.6 Å². The number of urea groups is 1. The van der Waals surface area contributed by atoms with Crippen molar-refractivity contribution < 1.29 is 14.8 Å². The number of carbonyl (C=O) groups excluding carboxylic acids is 2. The smallest absolute Gasteiger partial charge is 0.317 e. The molecular formula is C21H26N4O3. The van der Waals surface area contributed by atoms with Gasteiger partial charge in [-0.3, -0.25) is 14.9 Å². The van der Waals surface area contributed by atoms with Crippen LogP contribution >= 0.6 is 0 Å². The second kappa shape index (κ2) is 9.34. The molecule has 0 aromatic heterocycles. The van der Waals surface area contributed by atoms with Crippen LogP contribution in [0.3, 0.4) is 0 Å². The van der Waals surface area contributed by atoms with Crippen LogP contribution in [0.25, 0.3) is 0 Å². The maximum absolute atomic E-state index is 12.5. The zero-order chi connectivity index (χ0) is 19.9. The molecule has 2 aromatic rings. The van der Waals surface area contributed by atoms with Crippen molar-refractivity contribution >= 4 is 11.9 Å².